The molecule has 0 spiro atoms. The Bertz CT molecular complexity index is 1260. The molecule has 0 bridgehead atoms. The normalized spacial score (nSPS) is 24.0. The van der Waals surface area contributed by atoms with Crippen molar-refractivity contribution >= 4 is 22.7 Å². The molecule has 1 N–H and O–H groups in total. The zero-order valence-corrected chi connectivity index (χ0v) is 17.9. The number of para-hydroxylation sites is 1. The third-order valence-electron chi connectivity index (χ3n) is 5.89. The lowest BCUT2D eigenvalue weighted by Gasteiger charge is -2.23. The molecule has 0 amide bonds. The van der Waals surface area contributed by atoms with Crippen molar-refractivity contribution in [1.82, 2.24) is 14.5 Å². The first-order chi connectivity index (χ1) is 15.6. The molecule has 2 fully saturated rings. The highest BCUT2D eigenvalue weighted by molar-refractivity contribution is 5.94. The van der Waals surface area contributed by atoms with Gasteiger partial charge in [0.05, 0.1) is 6.61 Å². The summed E-state index contributed by atoms with van der Waals surface area (Å²) in [7, 11) is 0. The fourth-order valence-electron chi connectivity index (χ4n) is 4.54. The van der Waals surface area contributed by atoms with Crippen LogP contribution in [0.3, 0.4) is 0 Å². The van der Waals surface area contributed by atoms with Crippen LogP contribution in [0.25, 0.3) is 22.2 Å². The molecule has 2 aliphatic heterocycles. The molecule has 32 heavy (non-hydrogen) atoms. The van der Waals surface area contributed by atoms with Crippen LogP contribution in [0.15, 0.2) is 73.1 Å². The van der Waals surface area contributed by atoms with Crippen molar-refractivity contribution in [2.45, 2.75) is 38.1 Å². The van der Waals surface area contributed by atoms with Gasteiger partial charge in [0.25, 0.3) is 0 Å². The van der Waals surface area contributed by atoms with Crippen LogP contribution in [0.5, 0.6) is 0 Å². The lowest BCUT2D eigenvalue weighted by Crippen LogP contribution is -2.27. The highest BCUT2D eigenvalue weighted by atomic mass is 16.8. The van der Waals surface area contributed by atoms with Crippen LogP contribution in [-0.2, 0) is 14.2 Å². The predicted molar refractivity (Wildman–Crippen MR) is 122 cm³/mol. The molecular formula is C25H24N4O3. The van der Waals surface area contributed by atoms with E-state index in [9.17, 15) is 0 Å². The van der Waals surface area contributed by atoms with Crippen molar-refractivity contribution in [3.8, 4) is 11.1 Å². The summed E-state index contributed by atoms with van der Waals surface area (Å²) in [6, 6.07) is 20.1. The van der Waals surface area contributed by atoms with Crippen LogP contribution >= 0.6 is 0 Å². The standard InChI is InChI=1S/C25H24N4O3/c1-25(2)31-20-15-30-23(21(20)32-25)29-14-19(16-9-5-3-6-10-16)18-13-26-24(28-22(18)29)27-17-11-7-4-8-12-17/h3-14,20-21,23H,15H2,1-2H3,(H,26,27,28)/t20-,21-,23-/m1/s1. The molecule has 7 heteroatoms. The van der Waals surface area contributed by atoms with Crippen LogP contribution in [-0.4, -0.2) is 39.1 Å². The van der Waals surface area contributed by atoms with E-state index in [0.29, 0.717) is 12.6 Å². The Morgan fingerprint density at radius 1 is 1.00 bits per heavy atom. The van der Waals surface area contributed by atoms with Gasteiger partial charge in [-0.15, -0.1) is 0 Å². The second kappa shape index (κ2) is 7.41. The molecular weight excluding hydrogens is 404 g/mol. The van der Waals surface area contributed by atoms with E-state index in [0.717, 1.165) is 27.8 Å². The molecule has 0 unspecified atom stereocenters. The molecule has 2 saturated heterocycles. The Hall–Kier alpha value is -3.26. The summed E-state index contributed by atoms with van der Waals surface area (Å²) in [5.74, 6) is -0.0986. The van der Waals surface area contributed by atoms with Gasteiger partial charge in [0.15, 0.2) is 12.0 Å². The largest absolute Gasteiger partial charge is 0.352 e. The van der Waals surface area contributed by atoms with E-state index in [4.69, 9.17) is 19.2 Å². The number of aromatic nitrogens is 3. The summed E-state index contributed by atoms with van der Waals surface area (Å²) in [4.78, 5) is 9.46. The number of nitrogens with zero attached hydrogens (tertiary/aromatic N) is 3. The molecule has 0 aliphatic carbocycles. The summed E-state index contributed by atoms with van der Waals surface area (Å²) in [6.07, 6.45) is 3.32. The molecule has 0 saturated carbocycles. The van der Waals surface area contributed by atoms with Gasteiger partial charge in [-0.05, 0) is 31.5 Å². The molecule has 2 aliphatic rings. The number of ether oxygens (including phenoxy) is 3. The second-order valence-electron chi connectivity index (χ2n) is 8.60. The molecule has 0 radical (unpaired) electrons. The van der Waals surface area contributed by atoms with Crippen LogP contribution < -0.4 is 5.32 Å². The molecule has 2 aromatic carbocycles. The molecule has 4 heterocycles. The molecule has 3 atom stereocenters. The summed E-state index contributed by atoms with van der Waals surface area (Å²) < 4.78 is 20.4. The van der Waals surface area contributed by atoms with Gasteiger partial charge in [0.2, 0.25) is 5.95 Å². The van der Waals surface area contributed by atoms with Crippen LogP contribution in [0.1, 0.15) is 20.1 Å². The monoisotopic (exact) mass is 428 g/mol. The van der Waals surface area contributed by atoms with Gasteiger partial charge in [-0.25, -0.2) is 4.98 Å². The topological polar surface area (TPSA) is 70.4 Å². The number of hydrogen-bond donors (Lipinski definition) is 1. The highest BCUT2D eigenvalue weighted by Crippen LogP contribution is 2.42. The maximum absolute atomic E-state index is 6.20. The van der Waals surface area contributed by atoms with Gasteiger partial charge in [0, 0.05) is 29.0 Å². The number of fused-ring (bicyclic) bond motifs is 2. The van der Waals surface area contributed by atoms with Crippen molar-refractivity contribution in [3.63, 3.8) is 0 Å². The SMILES string of the molecule is CC1(C)O[C@H]2[C@H](n3cc(-c4ccccc4)c4cnc(Nc5ccccc5)nc43)OC[C@H]2O1. The van der Waals surface area contributed by atoms with Crippen LogP contribution in [0.4, 0.5) is 11.6 Å². The minimum Gasteiger partial charge on any atom is -0.352 e. The van der Waals surface area contributed by atoms with Gasteiger partial charge in [-0.2, -0.15) is 4.98 Å². The van der Waals surface area contributed by atoms with Crippen LogP contribution in [0, 0.1) is 0 Å². The van der Waals surface area contributed by atoms with E-state index in [-0.39, 0.29) is 18.4 Å². The number of anilines is 2. The molecule has 6 rings (SSSR count). The minimum absolute atomic E-state index is 0.101. The number of benzene rings is 2. The highest BCUT2D eigenvalue weighted by Gasteiger charge is 2.51. The second-order valence-corrected chi connectivity index (χ2v) is 8.60. The van der Waals surface area contributed by atoms with E-state index >= 15 is 0 Å². The van der Waals surface area contributed by atoms with E-state index in [1.54, 1.807) is 0 Å². The third-order valence-corrected chi connectivity index (χ3v) is 5.89. The Morgan fingerprint density at radius 2 is 1.75 bits per heavy atom. The molecule has 2 aromatic heterocycles. The lowest BCUT2D eigenvalue weighted by atomic mass is 10.1. The third kappa shape index (κ3) is 3.35. The average Bonchev–Trinajstić information content (AvgIpc) is 3.44. The van der Waals surface area contributed by atoms with Crippen LogP contribution in [0.2, 0.25) is 0 Å². The first-order valence-corrected chi connectivity index (χ1v) is 10.8. The summed E-state index contributed by atoms with van der Waals surface area (Å²) >= 11 is 0. The zero-order chi connectivity index (χ0) is 21.7. The quantitative estimate of drug-likeness (QED) is 0.499. The van der Waals surface area contributed by atoms with Crippen molar-refractivity contribution in [2.75, 3.05) is 11.9 Å². The molecule has 4 aromatic rings. The van der Waals surface area contributed by atoms with Gasteiger partial charge in [-0.1, -0.05) is 48.5 Å². The lowest BCUT2D eigenvalue weighted by molar-refractivity contribution is -0.183. The summed E-state index contributed by atoms with van der Waals surface area (Å²) in [5.41, 5.74) is 3.87. The Morgan fingerprint density at radius 3 is 2.53 bits per heavy atom. The summed E-state index contributed by atoms with van der Waals surface area (Å²) in [5, 5.41) is 4.25. The Balaban J connectivity index is 1.46. The van der Waals surface area contributed by atoms with Gasteiger partial charge in [0.1, 0.15) is 17.9 Å². The molecule has 7 nitrogen and oxygen atoms in total. The average molecular weight is 428 g/mol. The maximum Gasteiger partial charge on any atom is 0.229 e. The smallest absolute Gasteiger partial charge is 0.229 e. The van der Waals surface area contributed by atoms with Crippen molar-refractivity contribution in [2.24, 2.45) is 0 Å². The molecule has 162 valence electrons. The predicted octanol–water partition coefficient (Wildman–Crippen LogP) is 4.89. The fraction of sp³-hybridized carbons (Fsp3) is 0.280. The fourth-order valence-corrected chi connectivity index (χ4v) is 4.54. The van der Waals surface area contributed by atoms with Crippen molar-refractivity contribution in [1.29, 1.82) is 0 Å². The Kier molecular flexibility index (Phi) is 4.50. The minimum atomic E-state index is -0.627. The van der Waals surface area contributed by atoms with Gasteiger partial charge < -0.3 is 24.1 Å². The van der Waals surface area contributed by atoms with Crippen molar-refractivity contribution in [3.05, 3.63) is 73.1 Å². The Labute approximate surface area is 186 Å². The van der Waals surface area contributed by atoms with E-state index in [1.807, 2.05) is 68.6 Å². The zero-order valence-electron chi connectivity index (χ0n) is 17.9. The maximum atomic E-state index is 6.20. The number of nitrogens with one attached hydrogen (secondary N) is 1. The van der Waals surface area contributed by atoms with E-state index < -0.39 is 5.79 Å². The van der Waals surface area contributed by atoms with Gasteiger partial charge in [-0.3, -0.25) is 0 Å². The number of hydrogen-bond acceptors (Lipinski definition) is 6. The van der Waals surface area contributed by atoms with E-state index in [1.165, 1.54) is 0 Å². The number of rotatable bonds is 4. The van der Waals surface area contributed by atoms with E-state index in [2.05, 4.69) is 33.2 Å². The summed E-state index contributed by atoms with van der Waals surface area (Å²) in [6.45, 7) is 4.37. The first kappa shape index (κ1) is 19.4. The first-order valence-electron chi connectivity index (χ1n) is 10.8. The van der Waals surface area contributed by atoms with Gasteiger partial charge >= 0.3 is 0 Å². The van der Waals surface area contributed by atoms with Crippen molar-refractivity contribution < 1.29 is 14.2 Å².